The van der Waals surface area contributed by atoms with Crippen LogP contribution < -0.4 is 11.1 Å². The van der Waals surface area contributed by atoms with Gasteiger partial charge in [0.25, 0.3) is 0 Å². The highest BCUT2D eigenvalue weighted by Gasteiger charge is 2.39. The Bertz CT molecular complexity index is 801. The highest BCUT2D eigenvalue weighted by Crippen LogP contribution is 2.39. The van der Waals surface area contributed by atoms with Crippen LogP contribution in [-0.4, -0.2) is 23.8 Å². The monoisotopic (exact) mass is 370 g/mol. The summed E-state index contributed by atoms with van der Waals surface area (Å²) < 4.78 is 1.12. The van der Waals surface area contributed by atoms with E-state index in [1.165, 1.54) is 6.42 Å². The molecule has 2 unspecified atom stereocenters. The van der Waals surface area contributed by atoms with Crippen LogP contribution in [0.4, 0.5) is 0 Å². The quantitative estimate of drug-likeness (QED) is 0.785. The van der Waals surface area contributed by atoms with Crippen molar-refractivity contribution in [1.82, 2.24) is 5.32 Å². The maximum Gasteiger partial charge on any atom is 0.220 e. The minimum absolute atomic E-state index is 0.00950. The van der Waals surface area contributed by atoms with Gasteiger partial charge in [-0.2, -0.15) is 0 Å². The van der Waals surface area contributed by atoms with Gasteiger partial charge in [-0.3, -0.25) is 9.59 Å². The highest BCUT2D eigenvalue weighted by atomic mass is 32.1. The first-order valence-corrected chi connectivity index (χ1v) is 10.5. The minimum atomic E-state index is 0.00950. The zero-order valence-electron chi connectivity index (χ0n) is 14.9. The number of amides is 1. The minimum Gasteiger partial charge on any atom is -0.353 e. The zero-order chi connectivity index (χ0) is 18.1. The van der Waals surface area contributed by atoms with Gasteiger partial charge in [0.05, 0.1) is 0 Å². The Balaban J connectivity index is 1.35. The number of Topliss-reactive ketones (excluding diaryl/α,β-unsaturated/α-hetero) is 1. The molecule has 0 aliphatic heterocycles. The average molecular weight is 371 g/mol. The molecule has 26 heavy (non-hydrogen) atoms. The number of thiophene rings is 1. The Labute approximate surface area is 158 Å². The topological polar surface area (TPSA) is 72.2 Å². The van der Waals surface area contributed by atoms with E-state index in [0.717, 1.165) is 41.3 Å². The second kappa shape index (κ2) is 7.49. The summed E-state index contributed by atoms with van der Waals surface area (Å²) in [5, 5.41) is 6.15. The summed E-state index contributed by atoms with van der Waals surface area (Å²) >= 11 is 1.58. The van der Waals surface area contributed by atoms with Crippen molar-refractivity contribution in [3.63, 3.8) is 0 Å². The molecule has 2 atom stereocenters. The van der Waals surface area contributed by atoms with Gasteiger partial charge in [-0.1, -0.05) is 24.6 Å². The number of rotatable bonds is 5. The molecular formula is C21H26N2O2S. The van der Waals surface area contributed by atoms with Gasteiger partial charge in [-0.15, -0.1) is 11.3 Å². The van der Waals surface area contributed by atoms with Crippen molar-refractivity contribution in [1.29, 1.82) is 0 Å². The van der Waals surface area contributed by atoms with Gasteiger partial charge in [0.1, 0.15) is 0 Å². The molecular weight excluding hydrogens is 344 g/mol. The molecule has 4 rings (SSSR count). The lowest BCUT2D eigenvalue weighted by atomic mass is 9.67. The Hall–Kier alpha value is -1.72. The summed E-state index contributed by atoms with van der Waals surface area (Å²) in [5.74, 6) is 1.09. The molecule has 2 aliphatic rings. The van der Waals surface area contributed by atoms with E-state index in [4.69, 9.17) is 5.73 Å². The summed E-state index contributed by atoms with van der Waals surface area (Å²) in [5.41, 5.74) is 6.91. The first kappa shape index (κ1) is 17.7. The Morgan fingerprint density at radius 1 is 1.12 bits per heavy atom. The van der Waals surface area contributed by atoms with Gasteiger partial charge in [0.2, 0.25) is 5.91 Å². The molecule has 2 saturated carbocycles. The lowest BCUT2D eigenvalue weighted by molar-refractivity contribution is -0.123. The fourth-order valence-corrected chi connectivity index (χ4v) is 5.80. The van der Waals surface area contributed by atoms with Crippen molar-refractivity contribution in [3.8, 4) is 0 Å². The second-order valence-corrected chi connectivity index (χ2v) is 8.76. The third-order valence-corrected chi connectivity index (χ3v) is 7.03. The molecule has 1 heterocycles. The van der Waals surface area contributed by atoms with Crippen molar-refractivity contribution in [2.24, 2.45) is 17.6 Å². The van der Waals surface area contributed by atoms with Gasteiger partial charge < -0.3 is 11.1 Å². The largest absolute Gasteiger partial charge is 0.353 e. The zero-order valence-corrected chi connectivity index (χ0v) is 15.8. The number of fused-ring (bicyclic) bond motifs is 3. The third-order valence-electron chi connectivity index (χ3n) is 6.06. The van der Waals surface area contributed by atoms with Gasteiger partial charge >= 0.3 is 0 Å². The first-order chi connectivity index (χ1) is 12.6. The number of nitrogens with one attached hydrogen (secondary N) is 1. The first-order valence-electron chi connectivity index (χ1n) is 9.66. The molecule has 1 aromatic carbocycles. The number of benzene rings is 1. The second-order valence-electron chi connectivity index (χ2n) is 7.84. The predicted octanol–water partition coefficient (Wildman–Crippen LogP) is 3.89. The van der Waals surface area contributed by atoms with E-state index in [1.54, 1.807) is 11.3 Å². The SMILES string of the molecule is NC1CC2CCCC(C1)C2NC(=O)CCC(=O)c1csc2ccccc12. The number of hydrogen-bond donors (Lipinski definition) is 2. The van der Waals surface area contributed by atoms with Crippen LogP contribution >= 0.6 is 11.3 Å². The van der Waals surface area contributed by atoms with Crippen LogP contribution in [0.3, 0.4) is 0 Å². The predicted molar refractivity (Wildman–Crippen MR) is 105 cm³/mol. The molecule has 2 aliphatic carbocycles. The van der Waals surface area contributed by atoms with Crippen LogP contribution in [0.5, 0.6) is 0 Å². The van der Waals surface area contributed by atoms with Crippen molar-refractivity contribution >= 4 is 33.1 Å². The normalized spacial score (nSPS) is 28.0. The van der Waals surface area contributed by atoms with Crippen molar-refractivity contribution < 1.29 is 9.59 Å². The van der Waals surface area contributed by atoms with E-state index in [1.807, 2.05) is 29.6 Å². The molecule has 138 valence electrons. The van der Waals surface area contributed by atoms with E-state index in [2.05, 4.69) is 5.32 Å². The van der Waals surface area contributed by atoms with Gasteiger partial charge in [-0.25, -0.2) is 0 Å². The molecule has 3 N–H and O–H groups in total. The summed E-state index contributed by atoms with van der Waals surface area (Å²) in [7, 11) is 0. The molecule has 5 heteroatoms. The van der Waals surface area contributed by atoms with Crippen LogP contribution in [0.25, 0.3) is 10.1 Å². The van der Waals surface area contributed by atoms with E-state index < -0.39 is 0 Å². The van der Waals surface area contributed by atoms with E-state index in [-0.39, 0.29) is 36.6 Å². The summed E-state index contributed by atoms with van der Waals surface area (Å²) in [6, 6.07) is 8.47. The maximum atomic E-state index is 12.6. The highest BCUT2D eigenvalue weighted by molar-refractivity contribution is 7.17. The van der Waals surface area contributed by atoms with Crippen LogP contribution in [0, 0.1) is 11.8 Å². The Morgan fingerprint density at radius 2 is 1.85 bits per heavy atom. The third kappa shape index (κ3) is 3.55. The van der Waals surface area contributed by atoms with Gasteiger partial charge in [0.15, 0.2) is 5.78 Å². The molecule has 2 bridgehead atoms. The molecule has 2 aromatic rings. The van der Waals surface area contributed by atoms with E-state index in [9.17, 15) is 9.59 Å². The van der Waals surface area contributed by atoms with Crippen molar-refractivity contribution in [2.45, 2.75) is 57.0 Å². The van der Waals surface area contributed by atoms with Crippen LogP contribution in [0.1, 0.15) is 55.3 Å². The number of carbonyl (C=O) groups is 2. The van der Waals surface area contributed by atoms with Crippen molar-refractivity contribution in [3.05, 3.63) is 35.2 Å². The number of ketones is 1. The standard InChI is InChI=1S/C21H26N2O2S/c22-15-10-13-4-3-5-14(11-15)21(13)23-20(25)9-8-18(24)17-12-26-19-7-2-1-6-16(17)19/h1-2,6-7,12-15,21H,3-5,8-11,22H2,(H,23,25). The summed E-state index contributed by atoms with van der Waals surface area (Å²) in [6.07, 6.45) is 6.14. The molecule has 0 saturated heterocycles. The van der Waals surface area contributed by atoms with Crippen LogP contribution in [0.15, 0.2) is 29.6 Å². The van der Waals surface area contributed by atoms with Gasteiger partial charge in [0, 0.05) is 46.0 Å². The molecule has 4 nitrogen and oxygen atoms in total. The lowest BCUT2D eigenvalue weighted by Gasteiger charge is -2.45. The van der Waals surface area contributed by atoms with Crippen LogP contribution in [0.2, 0.25) is 0 Å². The maximum absolute atomic E-state index is 12.6. The number of hydrogen-bond acceptors (Lipinski definition) is 4. The number of carbonyl (C=O) groups excluding carboxylic acids is 2. The van der Waals surface area contributed by atoms with E-state index in [0.29, 0.717) is 11.8 Å². The Kier molecular flexibility index (Phi) is 5.09. The molecule has 0 spiro atoms. The fourth-order valence-electron chi connectivity index (χ4n) is 4.84. The Morgan fingerprint density at radius 3 is 2.62 bits per heavy atom. The summed E-state index contributed by atoms with van der Waals surface area (Å²) in [4.78, 5) is 25.0. The molecule has 0 radical (unpaired) electrons. The molecule has 2 fully saturated rings. The summed E-state index contributed by atoms with van der Waals surface area (Å²) in [6.45, 7) is 0. The lowest BCUT2D eigenvalue weighted by Crippen LogP contribution is -2.53. The van der Waals surface area contributed by atoms with Crippen molar-refractivity contribution in [2.75, 3.05) is 0 Å². The average Bonchev–Trinajstić information content (AvgIpc) is 3.05. The van der Waals surface area contributed by atoms with Gasteiger partial charge in [-0.05, 0) is 43.6 Å². The molecule has 1 aromatic heterocycles. The fraction of sp³-hybridized carbons (Fsp3) is 0.524. The number of nitrogens with two attached hydrogens (primary N) is 1. The molecule has 1 amide bonds. The van der Waals surface area contributed by atoms with Crippen LogP contribution in [-0.2, 0) is 4.79 Å². The van der Waals surface area contributed by atoms with E-state index >= 15 is 0 Å². The smallest absolute Gasteiger partial charge is 0.220 e.